The van der Waals surface area contributed by atoms with Gasteiger partial charge < -0.3 is 10.6 Å². The van der Waals surface area contributed by atoms with Crippen LogP contribution >= 0.6 is 0 Å². The Morgan fingerprint density at radius 2 is 1.76 bits per heavy atom. The summed E-state index contributed by atoms with van der Waals surface area (Å²) < 4.78 is 4.29. The van der Waals surface area contributed by atoms with Crippen molar-refractivity contribution in [1.82, 2.24) is 29.3 Å². The predicted octanol–water partition coefficient (Wildman–Crippen LogP) is 0.848. The first kappa shape index (κ1) is 19.7. The zero-order valence-electron chi connectivity index (χ0n) is 16.0. The highest BCUT2D eigenvalue weighted by atomic mass is 16.6. The molecule has 3 heterocycles. The number of anilines is 2. The number of nitrogens with zero attached hydrogens (tertiary/aromatic N) is 7. The minimum absolute atomic E-state index is 0.0104. The van der Waals surface area contributed by atoms with Crippen LogP contribution in [0.15, 0.2) is 24.8 Å². The molecule has 0 saturated carbocycles. The molecule has 0 bridgehead atoms. The number of nitro groups is 1. The lowest BCUT2D eigenvalue weighted by Gasteiger charge is -2.09. The average molecular weight is 401 g/mol. The fourth-order valence-corrected chi connectivity index (χ4v) is 2.60. The van der Waals surface area contributed by atoms with Crippen LogP contribution in [0.4, 0.5) is 17.1 Å². The fraction of sp³-hybridized carbons (Fsp3) is 0.312. The third kappa shape index (κ3) is 4.28. The number of hydrogen-bond acceptors (Lipinski definition) is 7. The van der Waals surface area contributed by atoms with Crippen LogP contribution in [-0.2, 0) is 25.4 Å². The first-order chi connectivity index (χ1) is 13.8. The molecule has 3 aromatic rings. The number of aromatic nitrogens is 6. The van der Waals surface area contributed by atoms with E-state index in [1.54, 1.807) is 18.8 Å². The Morgan fingerprint density at radius 1 is 1.07 bits per heavy atom. The van der Waals surface area contributed by atoms with E-state index in [1.807, 2.05) is 6.92 Å². The van der Waals surface area contributed by atoms with Crippen LogP contribution in [-0.4, -0.2) is 46.1 Å². The topological polar surface area (TPSA) is 155 Å². The van der Waals surface area contributed by atoms with Crippen molar-refractivity contribution in [3.8, 4) is 0 Å². The van der Waals surface area contributed by atoms with Crippen molar-refractivity contribution in [1.29, 1.82) is 0 Å². The molecule has 0 fully saturated rings. The van der Waals surface area contributed by atoms with Crippen LogP contribution in [0.2, 0.25) is 0 Å². The number of rotatable bonds is 7. The van der Waals surface area contributed by atoms with Gasteiger partial charge in [0.15, 0.2) is 0 Å². The quantitative estimate of drug-likeness (QED) is 0.439. The predicted molar refractivity (Wildman–Crippen MR) is 101 cm³/mol. The number of carbonyl (C=O) groups excluding carboxylic acids is 2. The van der Waals surface area contributed by atoms with Crippen LogP contribution in [0, 0.1) is 17.0 Å². The summed E-state index contributed by atoms with van der Waals surface area (Å²) in [6.07, 6.45) is 5.28. The molecule has 152 valence electrons. The highest BCUT2D eigenvalue weighted by molar-refractivity contribution is 6.09. The maximum Gasteiger partial charge on any atom is 0.306 e. The second-order valence-corrected chi connectivity index (χ2v) is 6.27. The zero-order chi connectivity index (χ0) is 21.1. The Kier molecular flexibility index (Phi) is 5.38. The summed E-state index contributed by atoms with van der Waals surface area (Å²) in [6, 6.07) is 0. The van der Waals surface area contributed by atoms with Gasteiger partial charge in [0.2, 0.25) is 5.91 Å². The Morgan fingerprint density at radius 3 is 2.38 bits per heavy atom. The van der Waals surface area contributed by atoms with Gasteiger partial charge in [0.1, 0.15) is 18.1 Å². The summed E-state index contributed by atoms with van der Waals surface area (Å²) in [5.41, 5.74) is 1.61. The van der Waals surface area contributed by atoms with E-state index in [9.17, 15) is 19.7 Å². The van der Waals surface area contributed by atoms with Crippen molar-refractivity contribution >= 4 is 28.9 Å². The molecule has 3 aromatic heterocycles. The van der Waals surface area contributed by atoms with Gasteiger partial charge in [0.25, 0.3) is 5.91 Å². The molecule has 0 aliphatic heterocycles. The van der Waals surface area contributed by atoms with Gasteiger partial charge in [-0.25, -0.2) is 0 Å². The van der Waals surface area contributed by atoms with Crippen molar-refractivity contribution in [2.45, 2.75) is 19.9 Å². The van der Waals surface area contributed by atoms with Gasteiger partial charge in [-0.2, -0.15) is 15.3 Å². The van der Waals surface area contributed by atoms with Gasteiger partial charge in [0.05, 0.1) is 34.4 Å². The first-order valence-corrected chi connectivity index (χ1v) is 8.55. The number of hydrogen-bond donors (Lipinski definition) is 2. The van der Waals surface area contributed by atoms with Crippen LogP contribution in [0.25, 0.3) is 0 Å². The number of amides is 2. The molecular weight excluding hydrogens is 382 g/mol. The van der Waals surface area contributed by atoms with Crippen LogP contribution < -0.4 is 10.6 Å². The van der Waals surface area contributed by atoms with Crippen LogP contribution in [0.5, 0.6) is 0 Å². The van der Waals surface area contributed by atoms with Crippen molar-refractivity contribution < 1.29 is 14.5 Å². The summed E-state index contributed by atoms with van der Waals surface area (Å²) in [5, 5.41) is 28.0. The second-order valence-electron chi connectivity index (χ2n) is 6.27. The van der Waals surface area contributed by atoms with Crippen LogP contribution in [0.3, 0.4) is 0 Å². The highest BCUT2D eigenvalue weighted by Gasteiger charge is 2.20. The Bertz CT molecular complexity index is 1080. The molecule has 2 amide bonds. The summed E-state index contributed by atoms with van der Waals surface area (Å²) in [5.74, 6) is -0.832. The number of carbonyl (C=O) groups is 2. The molecule has 0 aliphatic rings. The molecule has 2 N–H and O–H groups in total. The van der Waals surface area contributed by atoms with Crippen molar-refractivity contribution in [2.75, 3.05) is 10.6 Å². The van der Waals surface area contributed by atoms with Gasteiger partial charge in [-0.15, -0.1) is 0 Å². The van der Waals surface area contributed by atoms with E-state index in [0.29, 0.717) is 5.69 Å². The smallest absolute Gasteiger partial charge is 0.306 e. The summed E-state index contributed by atoms with van der Waals surface area (Å²) in [7, 11) is 3.35. The molecular formula is C16H19N9O4. The Labute approximate surface area is 164 Å². The Hall–Kier alpha value is -4.03. The number of nitrogens with one attached hydrogen (secondary N) is 2. The minimum Gasteiger partial charge on any atom is -0.323 e. The summed E-state index contributed by atoms with van der Waals surface area (Å²) in [4.78, 5) is 35.0. The highest BCUT2D eigenvalue weighted by Crippen LogP contribution is 2.19. The Balaban J connectivity index is 1.65. The third-order valence-corrected chi connectivity index (χ3v) is 4.31. The molecule has 0 aromatic carbocycles. The maximum absolute atomic E-state index is 12.7. The average Bonchev–Trinajstić information content (AvgIpc) is 3.36. The van der Waals surface area contributed by atoms with E-state index in [1.165, 1.54) is 28.0 Å². The van der Waals surface area contributed by atoms with Gasteiger partial charge >= 0.3 is 5.69 Å². The van der Waals surface area contributed by atoms with Gasteiger partial charge in [0, 0.05) is 27.1 Å². The van der Waals surface area contributed by atoms with Crippen molar-refractivity contribution in [3.63, 3.8) is 0 Å². The van der Waals surface area contributed by atoms with Crippen molar-refractivity contribution in [2.24, 2.45) is 14.1 Å². The van der Waals surface area contributed by atoms with Crippen molar-refractivity contribution in [3.05, 3.63) is 46.3 Å². The molecule has 0 spiro atoms. The SMILES string of the molecule is Cc1c(NC(=O)c2c(NC(=O)CCn3cc([N+](=O)[O-])cn3)cnn2C)cnn1C. The van der Waals surface area contributed by atoms with Gasteiger partial charge in [-0.05, 0) is 6.92 Å². The molecule has 29 heavy (non-hydrogen) atoms. The normalized spacial score (nSPS) is 10.7. The van der Waals surface area contributed by atoms with E-state index >= 15 is 0 Å². The first-order valence-electron chi connectivity index (χ1n) is 8.55. The standard InChI is InChI=1S/C16H19N9O4/c1-10-12(7-17-22(10)2)21-16(27)15-13(8-18-23(15)3)20-14(26)4-5-24-9-11(6-19-24)25(28)29/h6-9H,4-5H2,1-3H3,(H,20,26)(H,21,27). The van der Waals surface area contributed by atoms with Gasteiger partial charge in [-0.1, -0.05) is 0 Å². The second kappa shape index (κ2) is 7.92. The molecule has 0 radical (unpaired) electrons. The number of aryl methyl sites for hydroxylation is 3. The molecule has 3 rings (SSSR count). The lowest BCUT2D eigenvalue weighted by atomic mass is 10.3. The summed E-state index contributed by atoms with van der Waals surface area (Å²) >= 11 is 0. The van der Waals surface area contributed by atoms with E-state index in [4.69, 9.17) is 0 Å². The van der Waals surface area contributed by atoms with E-state index in [2.05, 4.69) is 25.9 Å². The zero-order valence-corrected chi connectivity index (χ0v) is 16.0. The third-order valence-electron chi connectivity index (χ3n) is 4.31. The minimum atomic E-state index is -0.561. The molecule has 0 unspecified atom stereocenters. The monoisotopic (exact) mass is 401 g/mol. The molecule has 0 saturated heterocycles. The summed E-state index contributed by atoms with van der Waals surface area (Å²) in [6.45, 7) is 1.96. The lowest BCUT2D eigenvalue weighted by Crippen LogP contribution is -2.21. The molecule has 0 atom stereocenters. The molecule has 13 heteroatoms. The van der Waals surface area contributed by atoms with Crippen LogP contribution in [0.1, 0.15) is 22.6 Å². The van der Waals surface area contributed by atoms with Gasteiger partial charge in [-0.3, -0.25) is 33.7 Å². The van der Waals surface area contributed by atoms with E-state index in [0.717, 1.165) is 11.9 Å². The molecule has 0 aliphatic carbocycles. The largest absolute Gasteiger partial charge is 0.323 e. The molecule has 13 nitrogen and oxygen atoms in total. The lowest BCUT2D eigenvalue weighted by molar-refractivity contribution is -0.385. The fourth-order valence-electron chi connectivity index (χ4n) is 2.60. The maximum atomic E-state index is 12.7. The van der Waals surface area contributed by atoms with E-state index < -0.39 is 10.8 Å². The van der Waals surface area contributed by atoms with E-state index in [-0.39, 0.29) is 35.9 Å².